The summed E-state index contributed by atoms with van der Waals surface area (Å²) in [4.78, 5) is 2.54. The van der Waals surface area contributed by atoms with E-state index in [1.165, 1.54) is 24.2 Å². The highest BCUT2D eigenvalue weighted by Gasteiger charge is 2.37. The molecule has 1 saturated carbocycles. The molecule has 0 bridgehead atoms. The van der Waals surface area contributed by atoms with Gasteiger partial charge in [0.2, 0.25) is 0 Å². The first-order valence-electron chi connectivity index (χ1n) is 10.6. The normalized spacial score (nSPS) is 23.8. The first-order chi connectivity index (χ1) is 13.5. The standard InChI is InChI=1S/C22H30Cl2N4/c1-4-11-27(12-5-2)22-16-7-6-8-19(16)25-21-20(14(3)26-28(21)22)17-13-15(23)9-10-18(17)24/h9,13,18-19,25H,4-8,10-12H2,1-3H3. The van der Waals surface area contributed by atoms with Gasteiger partial charge in [0, 0.05) is 23.7 Å². The minimum atomic E-state index is -0.0725. The molecule has 2 heterocycles. The van der Waals surface area contributed by atoms with Crippen LogP contribution in [0.25, 0.3) is 11.4 Å². The number of hydrogen-bond donors (Lipinski definition) is 1. The molecule has 3 aliphatic rings. The maximum atomic E-state index is 6.70. The zero-order chi connectivity index (χ0) is 19.8. The highest BCUT2D eigenvalue weighted by molar-refractivity contribution is 6.34. The summed E-state index contributed by atoms with van der Waals surface area (Å²) in [6.45, 7) is 8.70. The molecule has 2 unspecified atom stereocenters. The number of halogens is 2. The van der Waals surface area contributed by atoms with Crippen molar-refractivity contribution >= 4 is 40.4 Å². The van der Waals surface area contributed by atoms with Crippen molar-refractivity contribution in [3.8, 4) is 0 Å². The maximum Gasteiger partial charge on any atom is 0.139 e. The first-order valence-corrected chi connectivity index (χ1v) is 11.4. The molecule has 4 rings (SSSR count). The van der Waals surface area contributed by atoms with Crippen molar-refractivity contribution in [3.05, 3.63) is 34.0 Å². The van der Waals surface area contributed by atoms with Crippen LogP contribution in [0.3, 0.4) is 0 Å². The zero-order valence-corrected chi connectivity index (χ0v) is 18.6. The minimum Gasteiger partial charge on any atom is -0.363 e. The van der Waals surface area contributed by atoms with Gasteiger partial charge in [-0.1, -0.05) is 31.5 Å². The van der Waals surface area contributed by atoms with Crippen LogP contribution in [0.15, 0.2) is 22.8 Å². The third-order valence-corrected chi connectivity index (χ3v) is 6.62. The number of fused-ring (bicyclic) bond motifs is 2. The largest absolute Gasteiger partial charge is 0.363 e. The summed E-state index contributed by atoms with van der Waals surface area (Å²) in [7, 11) is 0. The average molecular weight is 421 g/mol. The average Bonchev–Trinajstić information content (AvgIpc) is 3.25. The Bertz CT molecular complexity index is 843. The molecule has 1 aromatic heterocycles. The molecule has 0 saturated heterocycles. The van der Waals surface area contributed by atoms with Gasteiger partial charge in [-0.2, -0.15) is 5.10 Å². The van der Waals surface area contributed by atoms with Crippen molar-refractivity contribution in [2.45, 2.75) is 70.7 Å². The fourth-order valence-electron chi connectivity index (χ4n) is 4.80. The van der Waals surface area contributed by atoms with Crippen LogP contribution < -0.4 is 5.32 Å². The van der Waals surface area contributed by atoms with Gasteiger partial charge in [-0.3, -0.25) is 0 Å². The number of anilines is 1. The molecule has 1 aromatic rings. The Hall–Kier alpha value is -1.39. The summed E-state index contributed by atoms with van der Waals surface area (Å²) in [5.41, 5.74) is 4.74. The van der Waals surface area contributed by atoms with Crippen LogP contribution in [0.1, 0.15) is 63.6 Å². The van der Waals surface area contributed by atoms with Gasteiger partial charge in [0.25, 0.3) is 0 Å². The van der Waals surface area contributed by atoms with Gasteiger partial charge in [0.15, 0.2) is 0 Å². The lowest BCUT2D eigenvalue weighted by Gasteiger charge is -2.35. The third kappa shape index (κ3) is 3.39. The van der Waals surface area contributed by atoms with E-state index in [0.29, 0.717) is 6.04 Å². The Balaban J connectivity index is 1.86. The third-order valence-electron chi connectivity index (χ3n) is 5.94. The molecule has 1 aliphatic heterocycles. The van der Waals surface area contributed by atoms with Gasteiger partial charge >= 0.3 is 0 Å². The molecule has 0 aromatic carbocycles. The molecule has 152 valence electrons. The summed E-state index contributed by atoms with van der Waals surface area (Å²) < 4.78 is 2.16. The van der Waals surface area contributed by atoms with Crippen LogP contribution in [0, 0.1) is 6.92 Å². The smallest absolute Gasteiger partial charge is 0.139 e. The van der Waals surface area contributed by atoms with E-state index in [-0.39, 0.29) is 5.38 Å². The second-order valence-corrected chi connectivity index (χ2v) is 9.00. The zero-order valence-electron chi connectivity index (χ0n) is 17.1. The number of hydrogen-bond acceptors (Lipinski definition) is 3. The quantitative estimate of drug-likeness (QED) is 0.574. The van der Waals surface area contributed by atoms with Crippen molar-refractivity contribution < 1.29 is 0 Å². The Kier molecular flexibility index (Phi) is 5.80. The molecule has 0 amide bonds. The monoisotopic (exact) mass is 420 g/mol. The van der Waals surface area contributed by atoms with Crippen LogP contribution >= 0.6 is 23.2 Å². The van der Waals surface area contributed by atoms with Crippen molar-refractivity contribution in [1.29, 1.82) is 0 Å². The fourth-order valence-corrected chi connectivity index (χ4v) is 5.27. The summed E-state index contributed by atoms with van der Waals surface area (Å²) in [5, 5.41) is 9.50. The second-order valence-electron chi connectivity index (χ2n) is 8.04. The highest BCUT2D eigenvalue weighted by Crippen LogP contribution is 2.44. The predicted octanol–water partition coefficient (Wildman–Crippen LogP) is 5.98. The van der Waals surface area contributed by atoms with E-state index >= 15 is 0 Å². The molecule has 2 aliphatic carbocycles. The van der Waals surface area contributed by atoms with E-state index in [1.54, 1.807) is 0 Å². The lowest BCUT2D eigenvalue weighted by Crippen LogP contribution is -2.36. The van der Waals surface area contributed by atoms with E-state index in [9.17, 15) is 0 Å². The molecule has 4 nitrogen and oxygen atoms in total. The number of nitrogens with zero attached hydrogens (tertiary/aromatic N) is 3. The second kappa shape index (κ2) is 8.16. The number of alkyl halides is 1. The molecule has 6 heteroatoms. The summed E-state index contributed by atoms with van der Waals surface area (Å²) in [6, 6.07) is 0.401. The van der Waals surface area contributed by atoms with Crippen LogP contribution in [0.4, 0.5) is 5.82 Å². The van der Waals surface area contributed by atoms with Crippen molar-refractivity contribution in [2.75, 3.05) is 18.4 Å². The number of nitrogens with one attached hydrogen (secondary N) is 1. The maximum absolute atomic E-state index is 6.70. The fraction of sp³-hybridized carbons (Fsp3) is 0.591. The van der Waals surface area contributed by atoms with Gasteiger partial charge < -0.3 is 10.2 Å². The lowest BCUT2D eigenvalue weighted by atomic mass is 9.95. The van der Waals surface area contributed by atoms with Crippen LogP contribution in [0.2, 0.25) is 0 Å². The Morgan fingerprint density at radius 2 is 2.04 bits per heavy atom. The van der Waals surface area contributed by atoms with Crippen LogP contribution in [0.5, 0.6) is 0 Å². The summed E-state index contributed by atoms with van der Waals surface area (Å²) in [5.74, 6) is 2.39. The molecular weight excluding hydrogens is 391 g/mol. The van der Waals surface area contributed by atoms with Gasteiger partial charge in [0.05, 0.1) is 17.1 Å². The van der Waals surface area contributed by atoms with Gasteiger partial charge in [-0.15, -0.1) is 11.6 Å². The number of allylic oxidation sites excluding steroid dienone is 4. The van der Waals surface area contributed by atoms with Gasteiger partial charge in [0.1, 0.15) is 11.6 Å². The van der Waals surface area contributed by atoms with Crippen LogP contribution in [-0.2, 0) is 0 Å². The van der Waals surface area contributed by atoms with Crippen LogP contribution in [-0.4, -0.2) is 39.2 Å². The summed E-state index contributed by atoms with van der Waals surface area (Å²) >= 11 is 13.0. The van der Waals surface area contributed by atoms with E-state index < -0.39 is 0 Å². The van der Waals surface area contributed by atoms with E-state index in [0.717, 1.165) is 66.5 Å². The molecule has 1 N–H and O–H groups in total. The number of aryl methyl sites for hydroxylation is 1. The Labute approximate surface area is 178 Å². The molecular formula is C22H30Cl2N4. The van der Waals surface area contributed by atoms with Gasteiger partial charge in [-0.05, 0) is 62.7 Å². The van der Waals surface area contributed by atoms with E-state index in [2.05, 4.69) is 35.7 Å². The molecule has 1 fully saturated rings. The number of rotatable bonds is 6. The Morgan fingerprint density at radius 1 is 1.29 bits per heavy atom. The number of aromatic nitrogens is 2. The first kappa shape index (κ1) is 19.9. The van der Waals surface area contributed by atoms with Gasteiger partial charge in [-0.25, -0.2) is 4.68 Å². The molecule has 0 radical (unpaired) electrons. The summed E-state index contributed by atoms with van der Waals surface area (Å²) in [6.07, 6.45) is 10.6. The van der Waals surface area contributed by atoms with Crippen molar-refractivity contribution in [1.82, 2.24) is 14.7 Å². The Morgan fingerprint density at radius 3 is 2.75 bits per heavy atom. The molecule has 2 atom stereocenters. The van der Waals surface area contributed by atoms with Crippen molar-refractivity contribution in [3.63, 3.8) is 0 Å². The van der Waals surface area contributed by atoms with Crippen molar-refractivity contribution in [2.24, 2.45) is 0 Å². The molecule has 0 spiro atoms. The van der Waals surface area contributed by atoms with E-state index in [4.69, 9.17) is 28.3 Å². The predicted molar refractivity (Wildman–Crippen MR) is 120 cm³/mol. The highest BCUT2D eigenvalue weighted by atomic mass is 35.5. The lowest BCUT2D eigenvalue weighted by molar-refractivity contribution is 0.367. The SMILES string of the molecule is CCCN(CCC)C1=C2CCCC2Nc2c(C3=CC(Cl)=CCC3Cl)c(C)nn21. The minimum absolute atomic E-state index is 0.0725. The molecule has 28 heavy (non-hydrogen) atoms. The topological polar surface area (TPSA) is 33.1 Å². The van der Waals surface area contributed by atoms with E-state index in [1.807, 2.05) is 12.2 Å².